The molecular formula is C28H37N9O. The van der Waals surface area contributed by atoms with Crippen molar-refractivity contribution in [2.45, 2.75) is 25.8 Å². The summed E-state index contributed by atoms with van der Waals surface area (Å²) in [4.78, 5) is 37.8. The Hall–Kier alpha value is -3.47. The van der Waals surface area contributed by atoms with Gasteiger partial charge in [0.2, 0.25) is 11.9 Å². The fourth-order valence-corrected chi connectivity index (χ4v) is 4.85. The summed E-state index contributed by atoms with van der Waals surface area (Å²) in [7, 11) is 2.18. The van der Waals surface area contributed by atoms with Crippen molar-refractivity contribution in [1.82, 2.24) is 40.0 Å². The molecule has 2 aliphatic heterocycles. The monoisotopic (exact) mass is 515 g/mol. The van der Waals surface area contributed by atoms with Gasteiger partial charge in [-0.2, -0.15) is 4.98 Å². The van der Waals surface area contributed by atoms with E-state index in [2.05, 4.69) is 64.4 Å². The Kier molecular flexibility index (Phi) is 8.85. The third kappa shape index (κ3) is 7.53. The van der Waals surface area contributed by atoms with Crippen LogP contribution in [0.25, 0.3) is 11.4 Å². The lowest BCUT2D eigenvalue weighted by molar-refractivity contribution is -0.121. The van der Waals surface area contributed by atoms with Gasteiger partial charge in [-0.1, -0.05) is 12.1 Å². The highest BCUT2D eigenvalue weighted by atomic mass is 16.1. The van der Waals surface area contributed by atoms with Crippen LogP contribution in [0.4, 0.5) is 11.6 Å². The fourth-order valence-electron chi connectivity index (χ4n) is 4.85. The minimum atomic E-state index is 0.0974. The lowest BCUT2D eigenvalue weighted by Crippen LogP contribution is -2.47. The summed E-state index contributed by atoms with van der Waals surface area (Å²) >= 11 is 0. The summed E-state index contributed by atoms with van der Waals surface area (Å²) in [5.74, 6) is 1.20. The average Bonchev–Trinajstić information content (AvgIpc) is 2.93. The van der Waals surface area contributed by atoms with E-state index in [0.717, 1.165) is 82.1 Å². The number of carbonyl (C=O) groups excluding carboxylic acids is 1. The maximum Gasteiger partial charge on any atom is 0.230 e. The molecule has 2 N–H and O–H groups in total. The fraction of sp³-hybridized carbons (Fsp3) is 0.464. The number of pyridine rings is 1. The molecule has 3 aromatic rings. The second-order valence-corrected chi connectivity index (χ2v) is 10.1. The Labute approximate surface area is 224 Å². The molecule has 10 heteroatoms. The molecule has 0 saturated carbocycles. The SMILES string of the molecule is CN1CCN(CCN2CCC(=O)NCCCc3cc(ccn3)-c3ncnc(n3)Nc3cccc(c3)C2)CC1. The molecule has 0 aliphatic carbocycles. The van der Waals surface area contributed by atoms with Crippen LogP contribution in [0.2, 0.25) is 0 Å². The van der Waals surface area contributed by atoms with Gasteiger partial charge in [-0.3, -0.25) is 19.6 Å². The number of aryl methyl sites for hydroxylation is 1. The zero-order valence-corrected chi connectivity index (χ0v) is 22.1. The van der Waals surface area contributed by atoms with Crippen LogP contribution in [0.5, 0.6) is 0 Å². The van der Waals surface area contributed by atoms with Crippen LogP contribution in [0.15, 0.2) is 48.9 Å². The zero-order chi connectivity index (χ0) is 26.2. The summed E-state index contributed by atoms with van der Waals surface area (Å²) in [6.45, 7) is 8.45. The van der Waals surface area contributed by atoms with E-state index in [1.807, 2.05) is 24.3 Å². The zero-order valence-electron chi connectivity index (χ0n) is 22.1. The Bertz CT molecular complexity index is 1210. The Balaban J connectivity index is 1.34. The number of rotatable bonds is 3. The highest BCUT2D eigenvalue weighted by molar-refractivity contribution is 5.76. The van der Waals surface area contributed by atoms with Gasteiger partial charge >= 0.3 is 0 Å². The van der Waals surface area contributed by atoms with Gasteiger partial charge in [0.05, 0.1) is 0 Å². The maximum absolute atomic E-state index is 12.7. The smallest absolute Gasteiger partial charge is 0.230 e. The largest absolute Gasteiger partial charge is 0.356 e. The summed E-state index contributed by atoms with van der Waals surface area (Å²) in [5, 5.41) is 6.44. The number of nitrogens with one attached hydrogen (secondary N) is 2. The van der Waals surface area contributed by atoms with Crippen molar-refractivity contribution >= 4 is 17.5 Å². The van der Waals surface area contributed by atoms with Crippen molar-refractivity contribution < 1.29 is 4.79 Å². The predicted octanol–water partition coefficient (Wildman–Crippen LogP) is 2.18. The molecule has 4 heterocycles. The molecule has 6 bridgehead atoms. The van der Waals surface area contributed by atoms with Crippen molar-refractivity contribution in [2.24, 2.45) is 0 Å². The Morgan fingerprint density at radius 1 is 0.921 bits per heavy atom. The second-order valence-electron chi connectivity index (χ2n) is 10.1. The van der Waals surface area contributed by atoms with Crippen molar-refractivity contribution in [3.63, 3.8) is 0 Å². The van der Waals surface area contributed by atoms with E-state index in [-0.39, 0.29) is 5.91 Å². The molecule has 10 nitrogen and oxygen atoms in total. The third-order valence-electron chi connectivity index (χ3n) is 7.15. The van der Waals surface area contributed by atoms with Crippen molar-refractivity contribution in [1.29, 1.82) is 0 Å². The van der Waals surface area contributed by atoms with E-state index >= 15 is 0 Å². The van der Waals surface area contributed by atoms with Crippen LogP contribution < -0.4 is 10.6 Å². The number of fused-ring (bicyclic) bond motifs is 7. The summed E-state index contributed by atoms with van der Waals surface area (Å²) in [5.41, 5.74) is 3.95. The molecule has 2 aromatic heterocycles. The number of hydrogen-bond donors (Lipinski definition) is 2. The van der Waals surface area contributed by atoms with Crippen molar-refractivity contribution in [3.8, 4) is 11.4 Å². The molecule has 0 radical (unpaired) electrons. The second kappa shape index (κ2) is 12.9. The van der Waals surface area contributed by atoms with E-state index in [4.69, 9.17) is 0 Å². The van der Waals surface area contributed by atoms with Gasteiger partial charge in [-0.25, -0.2) is 9.97 Å². The summed E-state index contributed by atoms with van der Waals surface area (Å²) in [6, 6.07) is 12.2. The predicted molar refractivity (Wildman–Crippen MR) is 148 cm³/mol. The van der Waals surface area contributed by atoms with Crippen LogP contribution in [0.1, 0.15) is 24.1 Å². The number of benzene rings is 1. The van der Waals surface area contributed by atoms with Gasteiger partial charge in [0.15, 0.2) is 5.82 Å². The molecule has 0 atom stereocenters. The van der Waals surface area contributed by atoms with Gasteiger partial charge < -0.3 is 15.5 Å². The number of likely N-dealkylation sites (N-methyl/N-ethyl adjacent to an activating group) is 1. The van der Waals surface area contributed by atoms with Crippen LogP contribution in [-0.2, 0) is 17.8 Å². The Morgan fingerprint density at radius 3 is 2.68 bits per heavy atom. The lowest BCUT2D eigenvalue weighted by atomic mass is 10.1. The number of nitrogens with zero attached hydrogens (tertiary/aromatic N) is 7. The van der Waals surface area contributed by atoms with E-state index < -0.39 is 0 Å². The number of carbonyl (C=O) groups is 1. The third-order valence-corrected chi connectivity index (χ3v) is 7.15. The standard InChI is InChI=1S/C28H37N9O/c1-35-12-14-36(15-13-35)16-17-37-11-8-26(38)30-9-3-6-24-19-23(7-10-29-24)27-31-21-32-28(34-27)33-25-5-2-4-22(18-25)20-37/h2,4-5,7,10,18-19,21H,3,6,8-9,11-17,20H2,1H3,(H,30,38)(H,31,32,33,34). The molecule has 38 heavy (non-hydrogen) atoms. The summed E-state index contributed by atoms with van der Waals surface area (Å²) < 4.78 is 0. The first-order valence-corrected chi connectivity index (χ1v) is 13.5. The molecule has 5 rings (SSSR count). The van der Waals surface area contributed by atoms with Gasteiger partial charge in [-0.15, -0.1) is 0 Å². The molecular weight excluding hydrogens is 478 g/mol. The van der Waals surface area contributed by atoms with Crippen LogP contribution in [-0.4, -0.2) is 99.9 Å². The van der Waals surface area contributed by atoms with E-state index in [0.29, 0.717) is 24.7 Å². The van der Waals surface area contributed by atoms with Gasteiger partial charge in [0.25, 0.3) is 0 Å². The molecule has 0 unspecified atom stereocenters. The number of hydrogen-bond acceptors (Lipinski definition) is 9. The van der Waals surface area contributed by atoms with Crippen molar-refractivity contribution in [2.75, 3.05) is 64.7 Å². The van der Waals surface area contributed by atoms with E-state index in [9.17, 15) is 4.79 Å². The average molecular weight is 516 g/mol. The molecule has 1 aromatic carbocycles. The molecule has 1 saturated heterocycles. The number of anilines is 2. The van der Waals surface area contributed by atoms with Crippen LogP contribution in [0.3, 0.4) is 0 Å². The maximum atomic E-state index is 12.7. The first-order chi connectivity index (χ1) is 18.6. The highest BCUT2D eigenvalue weighted by Gasteiger charge is 2.16. The molecule has 1 fully saturated rings. The van der Waals surface area contributed by atoms with Crippen LogP contribution in [0, 0.1) is 0 Å². The van der Waals surface area contributed by atoms with Crippen LogP contribution >= 0.6 is 0 Å². The first-order valence-electron chi connectivity index (χ1n) is 13.5. The first kappa shape index (κ1) is 26.1. The normalized spacial score (nSPS) is 18.5. The molecule has 2 aliphatic rings. The summed E-state index contributed by atoms with van der Waals surface area (Å²) in [6.07, 6.45) is 5.40. The highest BCUT2D eigenvalue weighted by Crippen LogP contribution is 2.20. The van der Waals surface area contributed by atoms with Gasteiger partial charge in [-0.05, 0) is 49.7 Å². The molecule has 200 valence electrons. The van der Waals surface area contributed by atoms with E-state index in [1.54, 1.807) is 6.20 Å². The minimum absolute atomic E-state index is 0.0974. The minimum Gasteiger partial charge on any atom is -0.356 e. The number of piperazine rings is 1. The van der Waals surface area contributed by atoms with Gasteiger partial charge in [0.1, 0.15) is 6.33 Å². The van der Waals surface area contributed by atoms with Crippen molar-refractivity contribution in [3.05, 3.63) is 60.2 Å². The number of amides is 1. The van der Waals surface area contributed by atoms with E-state index in [1.165, 1.54) is 11.9 Å². The Morgan fingerprint density at radius 2 is 1.79 bits per heavy atom. The molecule has 0 spiro atoms. The van der Waals surface area contributed by atoms with Gasteiger partial charge in [0, 0.05) is 88.5 Å². The number of aromatic nitrogens is 4. The molecule has 1 amide bonds. The topological polar surface area (TPSA) is 102 Å². The lowest BCUT2D eigenvalue weighted by Gasteiger charge is -2.34. The quantitative estimate of drug-likeness (QED) is 0.543.